The number of nitrogens with zero attached hydrogens (tertiary/aromatic N) is 1. The van der Waals surface area contributed by atoms with Crippen molar-refractivity contribution in [1.29, 1.82) is 0 Å². The molecule has 0 spiro atoms. The fraction of sp³-hybridized carbons (Fsp3) is 0.312. The summed E-state index contributed by atoms with van der Waals surface area (Å²) in [6.07, 6.45) is -8.28. The second-order valence-corrected chi connectivity index (χ2v) is 5.38. The molecule has 1 aromatic carbocycles. The molecule has 0 saturated heterocycles. The fourth-order valence-electron chi connectivity index (χ4n) is 2.19. The van der Waals surface area contributed by atoms with Crippen molar-refractivity contribution < 1.29 is 31.1 Å². The van der Waals surface area contributed by atoms with Gasteiger partial charge in [0.15, 0.2) is 0 Å². The van der Waals surface area contributed by atoms with Gasteiger partial charge < -0.3 is 4.74 Å². The van der Waals surface area contributed by atoms with Crippen LogP contribution in [0.5, 0.6) is 5.75 Å². The second kappa shape index (κ2) is 6.33. The summed E-state index contributed by atoms with van der Waals surface area (Å²) in [5, 5.41) is 0. The van der Waals surface area contributed by atoms with E-state index in [0.29, 0.717) is 0 Å². The number of aromatic nitrogens is 1. The van der Waals surface area contributed by atoms with E-state index in [4.69, 9.17) is 0 Å². The Labute approximate surface area is 134 Å². The molecule has 2 aromatic rings. The van der Waals surface area contributed by atoms with Gasteiger partial charge in [0.25, 0.3) is 0 Å². The minimum Gasteiger partial charge on any atom is -0.406 e. The van der Waals surface area contributed by atoms with Gasteiger partial charge in [-0.2, -0.15) is 13.2 Å². The largest absolute Gasteiger partial charge is 0.573 e. The number of rotatable bonds is 3. The third-order valence-electron chi connectivity index (χ3n) is 3.17. The third kappa shape index (κ3) is 4.39. The molecule has 0 aliphatic heterocycles. The Hall–Kier alpha value is -2.25. The Morgan fingerprint density at radius 2 is 1.62 bits per heavy atom. The van der Waals surface area contributed by atoms with E-state index in [1.807, 2.05) is 0 Å². The van der Waals surface area contributed by atoms with Gasteiger partial charge in [0.1, 0.15) is 5.75 Å². The molecule has 8 heteroatoms. The molecular weight excluding hydrogens is 336 g/mol. The summed E-state index contributed by atoms with van der Waals surface area (Å²) in [5.74, 6) is -0.961. The number of pyridine rings is 1. The first-order valence-electron chi connectivity index (χ1n) is 6.90. The predicted octanol–water partition coefficient (Wildman–Crippen LogP) is 5.79. The summed E-state index contributed by atoms with van der Waals surface area (Å²) in [7, 11) is 0. The molecule has 0 radical (unpaired) electrons. The number of alkyl halides is 6. The van der Waals surface area contributed by atoms with E-state index in [2.05, 4.69) is 9.72 Å². The Kier molecular flexibility index (Phi) is 4.77. The van der Waals surface area contributed by atoms with Crippen LogP contribution < -0.4 is 4.74 Å². The van der Waals surface area contributed by atoms with E-state index in [0.717, 1.165) is 18.2 Å². The number of hydrogen-bond acceptors (Lipinski definition) is 2. The van der Waals surface area contributed by atoms with Crippen LogP contribution in [0, 0.1) is 0 Å². The van der Waals surface area contributed by atoms with Gasteiger partial charge in [0.2, 0.25) is 0 Å². The molecular formula is C16H13F6NO. The maximum absolute atomic E-state index is 13.2. The van der Waals surface area contributed by atoms with Crippen LogP contribution in [-0.4, -0.2) is 11.3 Å². The highest BCUT2D eigenvalue weighted by Crippen LogP contribution is 2.37. The van der Waals surface area contributed by atoms with Crippen molar-refractivity contribution in [2.24, 2.45) is 0 Å². The van der Waals surface area contributed by atoms with Crippen LogP contribution in [0.4, 0.5) is 26.3 Å². The molecule has 0 aliphatic rings. The molecule has 2 nitrogen and oxygen atoms in total. The van der Waals surface area contributed by atoms with E-state index in [1.54, 1.807) is 13.8 Å². The number of benzene rings is 1. The van der Waals surface area contributed by atoms with E-state index < -0.39 is 29.8 Å². The Morgan fingerprint density at radius 1 is 0.958 bits per heavy atom. The van der Waals surface area contributed by atoms with Crippen LogP contribution in [0.2, 0.25) is 0 Å². The summed E-state index contributed by atoms with van der Waals surface area (Å²) in [6, 6.07) is 5.61. The first kappa shape index (κ1) is 18.1. The zero-order valence-electron chi connectivity index (χ0n) is 12.7. The third-order valence-corrected chi connectivity index (χ3v) is 3.17. The lowest BCUT2D eigenvalue weighted by Gasteiger charge is -2.16. The summed E-state index contributed by atoms with van der Waals surface area (Å²) in [6.45, 7) is 3.16. The van der Waals surface area contributed by atoms with Gasteiger partial charge in [-0.25, -0.2) is 0 Å². The van der Waals surface area contributed by atoms with Gasteiger partial charge in [-0.05, 0) is 29.7 Å². The summed E-state index contributed by atoms with van der Waals surface area (Å²) in [4.78, 5) is 3.84. The summed E-state index contributed by atoms with van der Waals surface area (Å²) in [5.41, 5.74) is -0.824. The molecule has 1 aromatic heterocycles. The molecule has 24 heavy (non-hydrogen) atoms. The predicted molar refractivity (Wildman–Crippen MR) is 75.4 cm³/mol. The zero-order chi connectivity index (χ0) is 18.1. The molecule has 0 unspecified atom stereocenters. The maximum Gasteiger partial charge on any atom is 0.573 e. The highest BCUT2D eigenvalue weighted by atomic mass is 19.4. The van der Waals surface area contributed by atoms with Gasteiger partial charge in [-0.15, -0.1) is 13.2 Å². The highest BCUT2D eigenvalue weighted by Gasteiger charge is 2.35. The molecule has 0 bridgehead atoms. The molecule has 0 saturated carbocycles. The van der Waals surface area contributed by atoms with Crippen LogP contribution in [0.3, 0.4) is 0 Å². The van der Waals surface area contributed by atoms with Crippen molar-refractivity contribution in [2.45, 2.75) is 32.3 Å². The van der Waals surface area contributed by atoms with Gasteiger partial charge in [-0.1, -0.05) is 26.0 Å². The standard InChI is InChI=1S/C16H13F6NO/c1-9(2)14-13(15(17,18)19)7-11(8-23-14)10-4-3-5-12(6-10)24-16(20,21)22/h3-9H,1-2H3. The smallest absolute Gasteiger partial charge is 0.406 e. The molecule has 1 heterocycles. The van der Waals surface area contributed by atoms with Gasteiger partial charge in [0, 0.05) is 11.8 Å². The van der Waals surface area contributed by atoms with Crippen molar-refractivity contribution in [3.05, 3.63) is 47.8 Å². The Balaban J connectivity index is 2.48. The van der Waals surface area contributed by atoms with E-state index >= 15 is 0 Å². The quantitative estimate of drug-likeness (QED) is 0.655. The molecule has 0 atom stereocenters. The lowest BCUT2D eigenvalue weighted by molar-refractivity contribution is -0.274. The van der Waals surface area contributed by atoms with Crippen molar-refractivity contribution in [3.8, 4) is 16.9 Å². The Morgan fingerprint density at radius 3 is 2.17 bits per heavy atom. The van der Waals surface area contributed by atoms with E-state index in [-0.39, 0.29) is 16.8 Å². The van der Waals surface area contributed by atoms with E-state index in [9.17, 15) is 26.3 Å². The second-order valence-electron chi connectivity index (χ2n) is 5.38. The van der Waals surface area contributed by atoms with Crippen LogP contribution in [0.1, 0.15) is 31.0 Å². The van der Waals surface area contributed by atoms with Crippen molar-refractivity contribution in [2.75, 3.05) is 0 Å². The Bertz CT molecular complexity index is 721. The normalized spacial score (nSPS) is 12.5. The molecule has 130 valence electrons. The number of ether oxygens (including phenoxy) is 1. The first-order chi connectivity index (χ1) is 11.0. The molecule has 0 amide bonds. The molecule has 2 rings (SSSR count). The van der Waals surface area contributed by atoms with Crippen molar-refractivity contribution in [1.82, 2.24) is 4.98 Å². The minimum atomic E-state index is -4.88. The zero-order valence-corrected chi connectivity index (χ0v) is 12.7. The monoisotopic (exact) mass is 349 g/mol. The average Bonchev–Trinajstić information content (AvgIpc) is 2.44. The van der Waals surface area contributed by atoms with Crippen LogP contribution >= 0.6 is 0 Å². The highest BCUT2D eigenvalue weighted by molar-refractivity contribution is 5.65. The minimum absolute atomic E-state index is 0.0550. The molecule has 0 N–H and O–H groups in total. The lowest BCUT2D eigenvalue weighted by atomic mass is 9.99. The molecule has 0 aliphatic carbocycles. The van der Waals surface area contributed by atoms with Crippen molar-refractivity contribution in [3.63, 3.8) is 0 Å². The topological polar surface area (TPSA) is 22.1 Å². The average molecular weight is 349 g/mol. The van der Waals surface area contributed by atoms with Crippen molar-refractivity contribution >= 4 is 0 Å². The maximum atomic E-state index is 13.2. The lowest BCUT2D eigenvalue weighted by Crippen LogP contribution is -2.17. The van der Waals surface area contributed by atoms with Crippen LogP contribution in [-0.2, 0) is 6.18 Å². The van der Waals surface area contributed by atoms with Gasteiger partial charge in [0.05, 0.1) is 11.3 Å². The summed E-state index contributed by atoms with van der Waals surface area (Å²) >= 11 is 0. The van der Waals surface area contributed by atoms with Gasteiger partial charge >= 0.3 is 12.5 Å². The molecule has 0 fully saturated rings. The van der Waals surface area contributed by atoms with Crippen LogP contribution in [0.15, 0.2) is 36.5 Å². The fourth-order valence-corrected chi connectivity index (χ4v) is 2.19. The van der Waals surface area contributed by atoms with Gasteiger partial charge in [-0.3, -0.25) is 4.98 Å². The van der Waals surface area contributed by atoms with Crippen LogP contribution in [0.25, 0.3) is 11.1 Å². The first-order valence-corrected chi connectivity index (χ1v) is 6.90. The summed E-state index contributed by atoms with van der Waals surface area (Å²) < 4.78 is 80.1. The number of halogens is 6. The SMILES string of the molecule is CC(C)c1ncc(-c2cccc(OC(F)(F)F)c2)cc1C(F)(F)F. The number of hydrogen-bond donors (Lipinski definition) is 0. The van der Waals surface area contributed by atoms with E-state index in [1.165, 1.54) is 18.3 Å².